The van der Waals surface area contributed by atoms with Gasteiger partial charge in [-0.2, -0.15) is 12.6 Å². The average Bonchev–Trinajstić information content (AvgIpc) is 2.57. The minimum absolute atomic E-state index is 0.00211. The molecule has 0 bridgehead atoms. The van der Waals surface area contributed by atoms with Crippen molar-refractivity contribution in [2.24, 2.45) is 0 Å². The number of hydrogen-bond acceptors (Lipinski definition) is 3. The van der Waals surface area contributed by atoms with Crippen LogP contribution >= 0.6 is 24.2 Å². The van der Waals surface area contributed by atoms with Crippen molar-refractivity contribution in [3.63, 3.8) is 0 Å². The van der Waals surface area contributed by atoms with Crippen LogP contribution in [-0.2, 0) is 4.79 Å². The Morgan fingerprint density at radius 3 is 2.71 bits per heavy atom. The fraction of sp³-hybridized carbons (Fsp3) is 0.273. The molecule has 1 aromatic rings. The summed E-state index contributed by atoms with van der Waals surface area (Å²) in [7, 11) is 0. The summed E-state index contributed by atoms with van der Waals surface area (Å²) in [6.45, 7) is 0.494. The van der Waals surface area contributed by atoms with E-state index in [0.29, 0.717) is 18.7 Å². The molecule has 0 spiro atoms. The van der Waals surface area contributed by atoms with Crippen LogP contribution in [0.3, 0.4) is 0 Å². The number of anilines is 1. The standard InChI is InChI=1S/C11H10ClNO3S/c12-8-3-6(11(15)16)1-2-9(8)13-5-7(17)4-10(13)14/h1-3,7,17H,4-5H2,(H,15,16). The van der Waals surface area contributed by atoms with Gasteiger partial charge >= 0.3 is 5.97 Å². The van der Waals surface area contributed by atoms with E-state index in [1.807, 2.05) is 0 Å². The van der Waals surface area contributed by atoms with Crippen molar-refractivity contribution in [2.75, 3.05) is 11.4 Å². The van der Waals surface area contributed by atoms with Crippen molar-refractivity contribution >= 4 is 41.8 Å². The maximum absolute atomic E-state index is 11.7. The molecule has 1 amide bonds. The number of aromatic carboxylic acids is 1. The summed E-state index contributed by atoms with van der Waals surface area (Å²) < 4.78 is 0. The van der Waals surface area contributed by atoms with E-state index >= 15 is 0 Å². The Bertz CT molecular complexity index is 492. The first-order valence-corrected chi connectivity index (χ1v) is 5.89. The molecule has 2 rings (SSSR count). The van der Waals surface area contributed by atoms with E-state index in [1.54, 1.807) is 6.07 Å². The molecule has 90 valence electrons. The van der Waals surface area contributed by atoms with Gasteiger partial charge in [0.05, 0.1) is 16.3 Å². The minimum Gasteiger partial charge on any atom is -0.478 e. The van der Waals surface area contributed by atoms with Gasteiger partial charge in [-0.3, -0.25) is 4.79 Å². The predicted molar refractivity (Wildman–Crippen MR) is 68.2 cm³/mol. The Hall–Kier alpha value is -1.20. The maximum atomic E-state index is 11.7. The number of carbonyl (C=O) groups is 2. The molecule has 0 saturated carbocycles. The summed E-state index contributed by atoms with van der Waals surface area (Å²) in [6, 6.07) is 4.33. The molecule has 6 heteroatoms. The molecule has 1 atom stereocenters. The average molecular weight is 272 g/mol. The van der Waals surface area contributed by atoms with Gasteiger partial charge in [-0.05, 0) is 18.2 Å². The largest absolute Gasteiger partial charge is 0.478 e. The van der Waals surface area contributed by atoms with Crippen molar-refractivity contribution in [2.45, 2.75) is 11.7 Å². The normalized spacial score (nSPS) is 19.8. The molecule has 0 aliphatic carbocycles. The van der Waals surface area contributed by atoms with Gasteiger partial charge in [0, 0.05) is 18.2 Å². The van der Waals surface area contributed by atoms with Crippen LogP contribution in [-0.4, -0.2) is 28.8 Å². The first kappa shape index (κ1) is 12.3. The highest BCUT2D eigenvalue weighted by Gasteiger charge is 2.29. The van der Waals surface area contributed by atoms with Gasteiger partial charge in [0.25, 0.3) is 0 Å². The lowest BCUT2D eigenvalue weighted by atomic mass is 10.2. The molecular formula is C11H10ClNO3S. The first-order valence-electron chi connectivity index (χ1n) is 5.00. The van der Waals surface area contributed by atoms with Crippen molar-refractivity contribution in [3.8, 4) is 0 Å². The van der Waals surface area contributed by atoms with Crippen LogP contribution < -0.4 is 4.90 Å². The zero-order chi connectivity index (χ0) is 12.6. The zero-order valence-electron chi connectivity index (χ0n) is 8.76. The number of carbonyl (C=O) groups excluding carboxylic acids is 1. The molecule has 0 radical (unpaired) electrons. The third-order valence-electron chi connectivity index (χ3n) is 2.59. The number of halogens is 1. The van der Waals surface area contributed by atoms with Crippen LogP contribution in [0.5, 0.6) is 0 Å². The van der Waals surface area contributed by atoms with E-state index < -0.39 is 5.97 Å². The minimum atomic E-state index is -1.04. The third kappa shape index (κ3) is 2.40. The highest BCUT2D eigenvalue weighted by molar-refractivity contribution is 7.81. The van der Waals surface area contributed by atoms with Crippen molar-refractivity contribution in [1.29, 1.82) is 0 Å². The van der Waals surface area contributed by atoms with E-state index in [2.05, 4.69) is 12.6 Å². The summed E-state index contributed by atoms with van der Waals surface area (Å²) >= 11 is 10.2. The van der Waals surface area contributed by atoms with Gasteiger partial charge in [-0.1, -0.05) is 11.6 Å². The van der Waals surface area contributed by atoms with Crippen LogP contribution in [0.1, 0.15) is 16.8 Å². The molecule has 1 saturated heterocycles. The lowest BCUT2D eigenvalue weighted by molar-refractivity contribution is -0.117. The van der Waals surface area contributed by atoms with E-state index in [0.717, 1.165) is 0 Å². The first-order chi connectivity index (χ1) is 7.99. The number of rotatable bonds is 2. The smallest absolute Gasteiger partial charge is 0.335 e. The lowest BCUT2D eigenvalue weighted by Gasteiger charge is -2.17. The predicted octanol–water partition coefficient (Wildman–Crippen LogP) is 2.07. The van der Waals surface area contributed by atoms with Crippen molar-refractivity contribution < 1.29 is 14.7 Å². The van der Waals surface area contributed by atoms with Crippen molar-refractivity contribution in [1.82, 2.24) is 0 Å². The van der Waals surface area contributed by atoms with Crippen LogP contribution in [0.25, 0.3) is 0 Å². The second kappa shape index (κ2) is 4.58. The fourth-order valence-electron chi connectivity index (χ4n) is 1.78. The fourth-order valence-corrected chi connectivity index (χ4v) is 2.38. The van der Waals surface area contributed by atoms with Gasteiger partial charge < -0.3 is 10.0 Å². The Balaban J connectivity index is 2.34. The number of hydrogen-bond donors (Lipinski definition) is 2. The molecule has 1 aliphatic rings. The Morgan fingerprint density at radius 1 is 1.53 bits per heavy atom. The van der Waals surface area contributed by atoms with Crippen LogP contribution in [0, 0.1) is 0 Å². The number of carboxylic acids is 1. The molecule has 1 N–H and O–H groups in total. The van der Waals surface area contributed by atoms with E-state index in [9.17, 15) is 9.59 Å². The van der Waals surface area contributed by atoms with E-state index in [4.69, 9.17) is 16.7 Å². The summed E-state index contributed by atoms with van der Waals surface area (Å²) in [4.78, 5) is 23.9. The summed E-state index contributed by atoms with van der Waals surface area (Å²) in [5, 5.41) is 9.07. The topological polar surface area (TPSA) is 57.6 Å². The molecule has 4 nitrogen and oxygen atoms in total. The highest BCUT2D eigenvalue weighted by Crippen LogP contribution is 2.31. The second-order valence-electron chi connectivity index (χ2n) is 3.83. The highest BCUT2D eigenvalue weighted by atomic mass is 35.5. The zero-order valence-corrected chi connectivity index (χ0v) is 10.4. The molecule has 1 fully saturated rings. The van der Waals surface area contributed by atoms with Gasteiger partial charge in [0.15, 0.2) is 0 Å². The van der Waals surface area contributed by atoms with Gasteiger partial charge in [0.1, 0.15) is 0 Å². The monoisotopic (exact) mass is 271 g/mol. The van der Waals surface area contributed by atoms with Gasteiger partial charge in [-0.25, -0.2) is 4.79 Å². The molecule has 0 aromatic heterocycles. The Labute approximate surface area is 109 Å². The molecule has 1 unspecified atom stereocenters. The number of amides is 1. The van der Waals surface area contributed by atoms with Crippen LogP contribution in [0.15, 0.2) is 18.2 Å². The Morgan fingerprint density at radius 2 is 2.24 bits per heavy atom. The Kier molecular flexibility index (Phi) is 3.31. The number of benzene rings is 1. The third-order valence-corrected chi connectivity index (χ3v) is 3.24. The summed E-state index contributed by atoms with van der Waals surface area (Å²) in [6.07, 6.45) is 0.375. The maximum Gasteiger partial charge on any atom is 0.335 e. The lowest BCUT2D eigenvalue weighted by Crippen LogP contribution is -2.25. The molecule has 1 aromatic carbocycles. The van der Waals surface area contributed by atoms with Gasteiger partial charge in [0.2, 0.25) is 5.91 Å². The summed E-state index contributed by atoms with van der Waals surface area (Å²) in [5.74, 6) is -1.09. The van der Waals surface area contributed by atoms with Crippen LogP contribution in [0.4, 0.5) is 5.69 Å². The molecule has 1 aliphatic heterocycles. The SMILES string of the molecule is O=C(O)c1ccc(N2CC(S)CC2=O)c(Cl)c1. The van der Waals surface area contributed by atoms with E-state index in [-0.39, 0.29) is 21.7 Å². The second-order valence-corrected chi connectivity index (χ2v) is 4.97. The quantitative estimate of drug-likeness (QED) is 0.810. The molecule has 17 heavy (non-hydrogen) atoms. The van der Waals surface area contributed by atoms with Crippen molar-refractivity contribution in [3.05, 3.63) is 28.8 Å². The summed E-state index contributed by atoms with van der Waals surface area (Å²) in [5.41, 5.74) is 0.644. The van der Waals surface area contributed by atoms with E-state index in [1.165, 1.54) is 17.0 Å². The molecule has 1 heterocycles. The molecular weight excluding hydrogens is 262 g/mol. The number of nitrogens with zero attached hydrogens (tertiary/aromatic N) is 1. The number of carboxylic acid groups (broad SMARTS) is 1. The number of thiol groups is 1. The van der Waals surface area contributed by atoms with Gasteiger partial charge in [-0.15, -0.1) is 0 Å². The van der Waals surface area contributed by atoms with Crippen LogP contribution in [0.2, 0.25) is 5.02 Å².